The van der Waals surface area contributed by atoms with E-state index in [4.69, 9.17) is 4.11 Å². The van der Waals surface area contributed by atoms with Crippen molar-refractivity contribution in [3.63, 3.8) is 0 Å². The molecule has 48 valence electrons. The summed E-state index contributed by atoms with van der Waals surface area (Å²) in [5.41, 5.74) is 0.00981. The van der Waals surface area contributed by atoms with Crippen molar-refractivity contribution in [2.75, 3.05) is 0 Å². The van der Waals surface area contributed by atoms with Crippen molar-refractivity contribution in [2.24, 2.45) is 0 Å². The highest BCUT2D eigenvalue weighted by molar-refractivity contribution is 14.1. The van der Waals surface area contributed by atoms with Crippen molar-refractivity contribution in [2.45, 2.75) is 6.85 Å². The topological polar surface area (TPSA) is 12.9 Å². The average Bonchev–Trinajstić information content (AvgIpc) is 1.92. The van der Waals surface area contributed by atoms with Crippen LogP contribution in [0.3, 0.4) is 0 Å². The highest BCUT2D eigenvalue weighted by atomic mass is 127. The molecule has 0 aliphatic heterocycles. The predicted octanol–water partition coefficient (Wildman–Crippen LogP) is 2.13. The van der Waals surface area contributed by atoms with E-state index in [-0.39, 0.29) is 9.13 Å². The van der Waals surface area contributed by atoms with Crippen molar-refractivity contribution < 1.29 is 8.50 Å². The molecule has 0 unspecified atom stereocenters. The number of nitrogens with zero attached hydrogens (tertiary/aromatic N) is 1. The van der Waals surface area contributed by atoms with Gasteiger partial charge in [0.1, 0.15) is 0 Å². The van der Waals surface area contributed by atoms with Crippen molar-refractivity contribution in [1.82, 2.24) is 4.98 Å². The van der Waals surface area contributed by atoms with Gasteiger partial charge in [0.15, 0.2) is 0 Å². The van der Waals surface area contributed by atoms with Crippen LogP contribution in [0.1, 0.15) is 9.68 Å². The number of aryl methyl sites for hydroxylation is 1. The number of rotatable bonds is 0. The summed E-state index contributed by atoms with van der Waals surface area (Å²) < 4.78 is 33.9. The lowest BCUT2D eigenvalue weighted by Gasteiger charge is -1.94. The van der Waals surface area contributed by atoms with E-state index < -0.39 is 12.8 Å². The molecule has 0 spiro atoms. The fourth-order valence-corrected chi connectivity index (χ4v) is 0.737. The molecule has 0 saturated carbocycles. The van der Waals surface area contributed by atoms with Crippen molar-refractivity contribution >= 4 is 22.6 Å². The minimum Gasteiger partial charge on any atom is -0.227 e. The molecule has 0 aliphatic carbocycles. The molecular formula is C6H5FIN. The average molecular weight is 240 g/mol. The number of hydrogen-bond acceptors (Lipinski definition) is 1. The Labute approximate surface area is 70.7 Å². The summed E-state index contributed by atoms with van der Waals surface area (Å²) in [7, 11) is 0. The van der Waals surface area contributed by atoms with Gasteiger partial charge in [-0.3, -0.25) is 0 Å². The Bertz CT molecular complexity index is 299. The lowest BCUT2D eigenvalue weighted by Crippen LogP contribution is -1.88. The second kappa shape index (κ2) is 2.60. The first-order valence-corrected chi connectivity index (χ1v) is 3.31. The summed E-state index contributed by atoms with van der Waals surface area (Å²) in [4.78, 5) is 3.33. The molecule has 0 bridgehead atoms. The lowest BCUT2D eigenvalue weighted by atomic mass is 10.3. The van der Waals surface area contributed by atoms with Crippen LogP contribution in [0.5, 0.6) is 0 Å². The minimum atomic E-state index is -2.26. The van der Waals surface area contributed by atoms with Crippen LogP contribution in [0.2, 0.25) is 0 Å². The molecular weight excluding hydrogens is 232 g/mol. The Hall–Kier alpha value is -0.190. The molecule has 9 heavy (non-hydrogen) atoms. The summed E-state index contributed by atoms with van der Waals surface area (Å²) in [5.74, 6) is -0.732. The van der Waals surface area contributed by atoms with E-state index in [2.05, 4.69) is 4.98 Å². The number of aromatic nitrogens is 1. The van der Waals surface area contributed by atoms with Gasteiger partial charge in [-0.25, -0.2) is 4.98 Å². The molecule has 0 aromatic carbocycles. The van der Waals surface area contributed by atoms with Crippen LogP contribution in [-0.4, -0.2) is 4.98 Å². The Morgan fingerprint density at radius 1 is 1.89 bits per heavy atom. The van der Waals surface area contributed by atoms with Gasteiger partial charge in [0.2, 0.25) is 5.95 Å². The molecule has 0 saturated heterocycles. The number of pyridine rings is 1. The maximum absolute atomic E-state index is 12.7. The third-order valence-corrected chi connectivity index (χ3v) is 1.87. The predicted molar refractivity (Wildman–Crippen MR) is 41.6 cm³/mol. The van der Waals surface area contributed by atoms with E-state index in [1.807, 2.05) is 0 Å². The summed E-state index contributed by atoms with van der Waals surface area (Å²) in [6, 6.07) is 1.30. The molecule has 3 heteroatoms. The fraction of sp³-hybridized carbons (Fsp3) is 0.167. The SMILES string of the molecule is [2H]C([2H])([2H])c1ccnc(F)c1I. The standard InChI is InChI=1S/C6H5FIN/c1-4-2-3-9-6(7)5(4)8/h2-3H,1H3/i1D3. The van der Waals surface area contributed by atoms with Crippen LogP contribution in [0.4, 0.5) is 4.39 Å². The maximum atomic E-state index is 12.7. The lowest BCUT2D eigenvalue weighted by molar-refractivity contribution is 0.574. The third kappa shape index (κ3) is 1.38. The molecule has 0 fully saturated rings. The van der Waals surface area contributed by atoms with E-state index in [1.165, 1.54) is 6.07 Å². The molecule has 0 aliphatic rings. The Kier molecular flexibility index (Phi) is 1.11. The molecule has 1 heterocycles. The number of hydrogen-bond donors (Lipinski definition) is 0. The second-order valence-corrected chi connectivity index (χ2v) is 2.54. The number of halogens is 2. The quantitative estimate of drug-likeness (QED) is 0.500. The van der Waals surface area contributed by atoms with Crippen LogP contribution in [0, 0.1) is 16.4 Å². The van der Waals surface area contributed by atoms with Crippen LogP contribution in [0.25, 0.3) is 0 Å². The largest absolute Gasteiger partial charge is 0.227 e. The van der Waals surface area contributed by atoms with Gasteiger partial charge in [-0.2, -0.15) is 4.39 Å². The van der Waals surface area contributed by atoms with Gasteiger partial charge in [-0.1, -0.05) is 0 Å². The summed E-state index contributed by atoms with van der Waals surface area (Å²) >= 11 is 1.63. The van der Waals surface area contributed by atoms with Crippen LogP contribution in [0.15, 0.2) is 12.3 Å². The van der Waals surface area contributed by atoms with E-state index in [0.717, 1.165) is 6.20 Å². The van der Waals surface area contributed by atoms with Gasteiger partial charge in [0.25, 0.3) is 0 Å². The molecule has 1 aromatic rings. The first-order chi connectivity index (χ1) is 5.43. The van der Waals surface area contributed by atoms with E-state index in [1.54, 1.807) is 22.6 Å². The monoisotopic (exact) mass is 240 g/mol. The summed E-state index contributed by atoms with van der Waals surface area (Å²) in [6.45, 7) is -2.26. The van der Waals surface area contributed by atoms with Crippen LogP contribution >= 0.6 is 22.6 Å². The van der Waals surface area contributed by atoms with E-state index in [0.29, 0.717) is 0 Å². The fourth-order valence-electron chi connectivity index (χ4n) is 0.418. The highest BCUT2D eigenvalue weighted by Crippen LogP contribution is 2.11. The van der Waals surface area contributed by atoms with Crippen LogP contribution < -0.4 is 0 Å². The molecule has 0 radical (unpaired) electrons. The molecule has 1 nitrogen and oxygen atoms in total. The third-order valence-electron chi connectivity index (χ3n) is 0.847. The van der Waals surface area contributed by atoms with Gasteiger partial charge in [-0.05, 0) is 41.1 Å². The van der Waals surface area contributed by atoms with Gasteiger partial charge in [-0.15, -0.1) is 0 Å². The Morgan fingerprint density at radius 3 is 3.22 bits per heavy atom. The van der Waals surface area contributed by atoms with Gasteiger partial charge < -0.3 is 0 Å². The summed E-state index contributed by atoms with van der Waals surface area (Å²) in [6.07, 6.45) is 1.15. The molecule has 0 amide bonds. The van der Waals surface area contributed by atoms with Crippen molar-refractivity contribution in [3.05, 3.63) is 27.3 Å². The first-order valence-electron chi connectivity index (χ1n) is 3.73. The van der Waals surface area contributed by atoms with Gasteiger partial charge in [0, 0.05) is 10.3 Å². The second-order valence-electron chi connectivity index (χ2n) is 1.46. The van der Waals surface area contributed by atoms with E-state index in [9.17, 15) is 4.39 Å². The molecule has 1 aromatic heterocycles. The molecule has 0 N–H and O–H groups in total. The zero-order valence-corrected chi connectivity index (χ0v) is 6.52. The normalized spacial score (nSPS) is 16.0. The first kappa shape index (κ1) is 3.85. The van der Waals surface area contributed by atoms with E-state index >= 15 is 0 Å². The smallest absolute Gasteiger partial charge is 0.226 e. The van der Waals surface area contributed by atoms with Crippen molar-refractivity contribution in [3.8, 4) is 0 Å². The minimum absolute atomic E-state index is 0.00981. The molecule has 0 atom stereocenters. The van der Waals surface area contributed by atoms with Gasteiger partial charge in [0.05, 0.1) is 3.57 Å². The van der Waals surface area contributed by atoms with Crippen molar-refractivity contribution in [1.29, 1.82) is 0 Å². The molecule has 1 rings (SSSR count). The van der Waals surface area contributed by atoms with Gasteiger partial charge >= 0.3 is 0 Å². The highest BCUT2D eigenvalue weighted by Gasteiger charge is 1.99. The Morgan fingerprint density at radius 2 is 2.67 bits per heavy atom. The zero-order valence-electron chi connectivity index (χ0n) is 7.36. The summed E-state index contributed by atoms with van der Waals surface area (Å²) in [5, 5.41) is 0. The maximum Gasteiger partial charge on any atom is 0.226 e. The van der Waals surface area contributed by atoms with Crippen LogP contribution in [-0.2, 0) is 0 Å². The Balaban J connectivity index is 3.26. The zero-order chi connectivity index (χ0) is 9.35.